The Kier molecular flexibility index (Phi) is 5.01. The molecule has 0 amide bonds. The van der Waals surface area contributed by atoms with Crippen molar-refractivity contribution in [2.45, 2.75) is 72.6 Å². The van der Waals surface area contributed by atoms with Crippen LogP contribution in [0.5, 0.6) is 0 Å². The SMILES string of the molecule is CC(C)CCCC(=O)C1CCCCC1(C)C. The molecule has 1 saturated carbocycles. The molecule has 16 heavy (non-hydrogen) atoms. The Morgan fingerprint density at radius 2 is 2.00 bits per heavy atom. The fourth-order valence-corrected chi connectivity index (χ4v) is 2.95. The van der Waals surface area contributed by atoms with Gasteiger partial charge in [-0.1, -0.05) is 47.0 Å². The zero-order valence-electron chi connectivity index (χ0n) is 11.5. The van der Waals surface area contributed by atoms with E-state index in [0.717, 1.165) is 25.2 Å². The fraction of sp³-hybridized carbons (Fsp3) is 0.933. The number of hydrogen-bond acceptors (Lipinski definition) is 1. The summed E-state index contributed by atoms with van der Waals surface area (Å²) in [7, 11) is 0. The summed E-state index contributed by atoms with van der Waals surface area (Å²) >= 11 is 0. The van der Waals surface area contributed by atoms with Gasteiger partial charge >= 0.3 is 0 Å². The third kappa shape index (κ3) is 3.92. The van der Waals surface area contributed by atoms with Crippen LogP contribution < -0.4 is 0 Å². The van der Waals surface area contributed by atoms with Gasteiger partial charge in [0.1, 0.15) is 5.78 Å². The second-order valence-corrected chi connectivity index (χ2v) is 6.54. The van der Waals surface area contributed by atoms with Crippen LogP contribution in [0.1, 0.15) is 72.6 Å². The molecule has 0 aromatic heterocycles. The first-order chi connectivity index (χ1) is 7.43. The predicted molar refractivity (Wildman–Crippen MR) is 69.4 cm³/mol. The molecule has 1 atom stereocenters. The molecule has 0 aliphatic heterocycles. The van der Waals surface area contributed by atoms with Crippen molar-refractivity contribution in [2.24, 2.45) is 17.3 Å². The highest BCUT2D eigenvalue weighted by atomic mass is 16.1. The molecule has 1 heteroatoms. The van der Waals surface area contributed by atoms with Crippen LogP contribution in [0.15, 0.2) is 0 Å². The van der Waals surface area contributed by atoms with Crippen molar-refractivity contribution in [1.29, 1.82) is 0 Å². The summed E-state index contributed by atoms with van der Waals surface area (Å²) in [6.07, 6.45) is 8.02. The van der Waals surface area contributed by atoms with E-state index in [1.165, 1.54) is 25.7 Å². The fourth-order valence-electron chi connectivity index (χ4n) is 2.95. The summed E-state index contributed by atoms with van der Waals surface area (Å²) in [6.45, 7) is 9.01. The number of carbonyl (C=O) groups excluding carboxylic acids is 1. The number of carbonyl (C=O) groups is 1. The van der Waals surface area contributed by atoms with Crippen LogP contribution >= 0.6 is 0 Å². The Hall–Kier alpha value is -0.330. The molecule has 0 bridgehead atoms. The predicted octanol–water partition coefficient (Wildman–Crippen LogP) is 4.60. The van der Waals surface area contributed by atoms with Gasteiger partial charge < -0.3 is 0 Å². The molecule has 0 N–H and O–H groups in total. The van der Waals surface area contributed by atoms with Crippen LogP contribution in [0.4, 0.5) is 0 Å². The molecule has 1 nitrogen and oxygen atoms in total. The van der Waals surface area contributed by atoms with Crippen molar-refractivity contribution in [3.8, 4) is 0 Å². The number of ketones is 1. The summed E-state index contributed by atoms with van der Waals surface area (Å²) in [5.74, 6) is 1.60. The van der Waals surface area contributed by atoms with Gasteiger partial charge in [-0.25, -0.2) is 0 Å². The maximum atomic E-state index is 12.2. The highest BCUT2D eigenvalue weighted by Crippen LogP contribution is 2.41. The molecule has 0 radical (unpaired) electrons. The summed E-state index contributed by atoms with van der Waals surface area (Å²) in [5, 5.41) is 0. The largest absolute Gasteiger partial charge is 0.299 e. The van der Waals surface area contributed by atoms with Crippen molar-refractivity contribution < 1.29 is 4.79 Å². The lowest BCUT2D eigenvalue weighted by atomic mass is 9.66. The molecule has 1 rings (SSSR count). The van der Waals surface area contributed by atoms with E-state index in [1.807, 2.05) is 0 Å². The minimum absolute atomic E-state index is 0.257. The molecule has 1 fully saturated rings. The molecular weight excluding hydrogens is 196 g/mol. The molecule has 0 aromatic rings. The zero-order valence-corrected chi connectivity index (χ0v) is 11.5. The number of rotatable bonds is 5. The lowest BCUT2D eigenvalue weighted by Gasteiger charge is -2.37. The van der Waals surface area contributed by atoms with Gasteiger partial charge in [-0.05, 0) is 30.6 Å². The average molecular weight is 224 g/mol. The van der Waals surface area contributed by atoms with Crippen LogP contribution in [0.25, 0.3) is 0 Å². The topological polar surface area (TPSA) is 17.1 Å². The molecule has 0 aromatic carbocycles. The van der Waals surface area contributed by atoms with E-state index in [-0.39, 0.29) is 5.41 Å². The van der Waals surface area contributed by atoms with E-state index in [9.17, 15) is 4.79 Å². The van der Waals surface area contributed by atoms with E-state index in [0.29, 0.717) is 11.7 Å². The van der Waals surface area contributed by atoms with Crippen molar-refractivity contribution in [3.05, 3.63) is 0 Å². The normalized spacial score (nSPS) is 24.7. The Labute approximate surface area is 101 Å². The number of Topliss-reactive ketones (excluding diaryl/α,β-unsaturated/α-hetero) is 1. The minimum atomic E-state index is 0.257. The van der Waals surface area contributed by atoms with Crippen LogP contribution in [-0.2, 0) is 4.79 Å². The van der Waals surface area contributed by atoms with Gasteiger partial charge in [-0.2, -0.15) is 0 Å². The summed E-state index contributed by atoms with van der Waals surface area (Å²) in [4.78, 5) is 12.2. The summed E-state index contributed by atoms with van der Waals surface area (Å²) in [6, 6.07) is 0. The van der Waals surface area contributed by atoms with Gasteiger partial charge in [0, 0.05) is 12.3 Å². The van der Waals surface area contributed by atoms with E-state index in [2.05, 4.69) is 27.7 Å². The van der Waals surface area contributed by atoms with Crippen molar-refractivity contribution in [3.63, 3.8) is 0 Å². The molecule has 0 saturated heterocycles. The molecule has 1 aliphatic rings. The maximum absolute atomic E-state index is 12.2. The Morgan fingerprint density at radius 1 is 1.31 bits per heavy atom. The van der Waals surface area contributed by atoms with Gasteiger partial charge in [0.25, 0.3) is 0 Å². The van der Waals surface area contributed by atoms with Crippen LogP contribution in [0, 0.1) is 17.3 Å². The van der Waals surface area contributed by atoms with Crippen molar-refractivity contribution in [2.75, 3.05) is 0 Å². The van der Waals surface area contributed by atoms with E-state index in [4.69, 9.17) is 0 Å². The lowest BCUT2D eigenvalue weighted by molar-refractivity contribution is -0.128. The zero-order chi connectivity index (χ0) is 12.2. The van der Waals surface area contributed by atoms with Crippen LogP contribution in [-0.4, -0.2) is 5.78 Å². The quantitative estimate of drug-likeness (QED) is 0.667. The van der Waals surface area contributed by atoms with E-state index < -0.39 is 0 Å². The molecule has 1 aliphatic carbocycles. The Balaban J connectivity index is 2.40. The van der Waals surface area contributed by atoms with Crippen molar-refractivity contribution >= 4 is 5.78 Å². The van der Waals surface area contributed by atoms with Gasteiger partial charge in [0.15, 0.2) is 0 Å². The summed E-state index contributed by atoms with van der Waals surface area (Å²) < 4.78 is 0. The Morgan fingerprint density at radius 3 is 2.56 bits per heavy atom. The van der Waals surface area contributed by atoms with Gasteiger partial charge in [0.2, 0.25) is 0 Å². The molecule has 0 spiro atoms. The van der Waals surface area contributed by atoms with Gasteiger partial charge in [0.05, 0.1) is 0 Å². The highest BCUT2D eigenvalue weighted by molar-refractivity contribution is 5.81. The number of hydrogen-bond donors (Lipinski definition) is 0. The molecule has 1 unspecified atom stereocenters. The third-order valence-electron chi connectivity index (χ3n) is 4.10. The monoisotopic (exact) mass is 224 g/mol. The van der Waals surface area contributed by atoms with Gasteiger partial charge in [-0.15, -0.1) is 0 Å². The van der Waals surface area contributed by atoms with Crippen molar-refractivity contribution in [1.82, 2.24) is 0 Å². The molecule has 0 heterocycles. The maximum Gasteiger partial charge on any atom is 0.136 e. The second-order valence-electron chi connectivity index (χ2n) is 6.54. The average Bonchev–Trinajstić information content (AvgIpc) is 2.16. The van der Waals surface area contributed by atoms with E-state index >= 15 is 0 Å². The smallest absolute Gasteiger partial charge is 0.136 e. The summed E-state index contributed by atoms with van der Waals surface area (Å²) in [5.41, 5.74) is 0.257. The molecular formula is C15H28O. The standard InChI is InChI=1S/C15H28O/c1-12(2)8-7-10-14(16)13-9-5-6-11-15(13,3)4/h12-13H,5-11H2,1-4H3. The van der Waals surface area contributed by atoms with Gasteiger partial charge in [-0.3, -0.25) is 4.79 Å². The van der Waals surface area contributed by atoms with E-state index in [1.54, 1.807) is 0 Å². The van der Waals surface area contributed by atoms with Crippen LogP contribution in [0.2, 0.25) is 0 Å². The first kappa shape index (κ1) is 13.7. The lowest BCUT2D eigenvalue weighted by Crippen LogP contribution is -2.33. The minimum Gasteiger partial charge on any atom is -0.299 e. The first-order valence-corrected chi connectivity index (χ1v) is 6.96. The Bertz CT molecular complexity index is 228. The first-order valence-electron chi connectivity index (χ1n) is 6.96. The van der Waals surface area contributed by atoms with Crippen LogP contribution in [0.3, 0.4) is 0 Å². The highest BCUT2D eigenvalue weighted by Gasteiger charge is 2.36. The second kappa shape index (κ2) is 5.84. The third-order valence-corrected chi connectivity index (χ3v) is 4.10. The molecule has 94 valence electrons.